The van der Waals surface area contributed by atoms with Crippen molar-refractivity contribution in [3.8, 4) is 0 Å². The second-order valence-corrected chi connectivity index (χ2v) is 3.61. The van der Waals surface area contributed by atoms with Crippen molar-refractivity contribution in [1.29, 1.82) is 0 Å². The molecule has 13 heavy (non-hydrogen) atoms. The molecule has 1 radical (unpaired) electrons. The second-order valence-electron chi connectivity index (χ2n) is 3.61. The first kappa shape index (κ1) is 10.2. The molecule has 0 saturated heterocycles. The summed E-state index contributed by atoms with van der Waals surface area (Å²) in [4.78, 5) is 0. The van der Waals surface area contributed by atoms with Crippen LogP contribution < -0.4 is 0 Å². The lowest BCUT2D eigenvalue weighted by molar-refractivity contribution is 0.454. The van der Waals surface area contributed by atoms with E-state index in [1.54, 1.807) is 6.07 Å². The highest BCUT2D eigenvalue weighted by molar-refractivity contribution is 5.20. The van der Waals surface area contributed by atoms with Crippen molar-refractivity contribution in [1.82, 2.24) is 0 Å². The summed E-state index contributed by atoms with van der Waals surface area (Å²) in [6, 6.07) is 7.90. The number of hydrogen-bond acceptors (Lipinski definition) is 0. The highest BCUT2D eigenvalue weighted by Gasteiger charge is 2.15. The van der Waals surface area contributed by atoms with Gasteiger partial charge in [0.25, 0.3) is 0 Å². The summed E-state index contributed by atoms with van der Waals surface area (Å²) in [5, 5.41) is 0. The number of hydrogen-bond donors (Lipinski definition) is 0. The zero-order valence-corrected chi connectivity index (χ0v) is 8.47. The molecule has 0 aromatic heterocycles. The van der Waals surface area contributed by atoms with Crippen LogP contribution in [0.2, 0.25) is 0 Å². The summed E-state index contributed by atoms with van der Waals surface area (Å²) < 4.78 is 13.3. The molecule has 0 aliphatic heterocycles. The predicted octanol–water partition coefficient (Wildman–Crippen LogP) is 3.78. The molecule has 1 heteroatoms. The zero-order valence-electron chi connectivity index (χ0n) is 8.47. The third kappa shape index (κ3) is 2.30. The Balaban J connectivity index is 2.88. The Morgan fingerprint density at radius 2 is 2.15 bits per heavy atom. The summed E-state index contributed by atoms with van der Waals surface area (Å²) in [7, 11) is 0. The fourth-order valence-electron chi connectivity index (χ4n) is 1.44. The molecule has 1 aromatic rings. The van der Waals surface area contributed by atoms with E-state index in [1.807, 2.05) is 12.1 Å². The number of halogens is 1. The first-order valence-electron chi connectivity index (χ1n) is 4.83. The molecule has 0 bridgehead atoms. The lowest BCUT2D eigenvalue weighted by atomic mass is 9.87. The first-order valence-corrected chi connectivity index (χ1v) is 4.83. The molecule has 0 fully saturated rings. The lowest BCUT2D eigenvalue weighted by Gasteiger charge is -2.18. The largest absolute Gasteiger partial charge is 0.206 e. The molecule has 0 spiro atoms. The molecule has 2 atom stereocenters. The minimum absolute atomic E-state index is 0.199. The maximum atomic E-state index is 13.3. The highest BCUT2D eigenvalue weighted by Crippen LogP contribution is 2.27. The Morgan fingerprint density at radius 3 is 2.69 bits per heavy atom. The molecule has 2 unspecified atom stereocenters. The van der Waals surface area contributed by atoms with E-state index in [-0.39, 0.29) is 11.7 Å². The van der Waals surface area contributed by atoms with Crippen LogP contribution >= 0.6 is 0 Å². The van der Waals surface area contributed by atoms with E-state index >= 15 is 0 Å². The van der Waals surface area contributed by atoms with E-state index in [9.17, 15) is 4.39 Å². The molecule has 0 amide bonds. The highest BCUT2D eigenvalue weighted by atomic mass is 19.1. The van der Waals surface area contributed by atoms with Crippen LogP contribution in [0.15, 0.2) is 18.2 Å². The van der Waals surface area contributed by atoms with E-state index in [0.717, 1.165) is 12.0 Å². The minimum atomic E-state index is -0.199. The minimum Gasteiger partial charge on any atom is -0.206 e. The van der Waals surface area contributed by atoms with Gasteiger partial charge in [-0.3, -0.25) is 0 Å². The Morgan fingerprint density at radius 1 is 1.46 bits per heavy atom. The Labute approximate surface area is 79.8 Å². The van der Waals surface area contributed by atoms with E-state index < -0.39 is 0 Å². The average Bonchev–Trinajstić information content (AvgIpc) is 2.16. The third-order valence-electron chi connectivity index (χ3n) is 2.82. The van der Waals surface area contributed by atoms with Crippen LogP contribution in [0.3, 0.4) is 0 Å². The van der Waals surface area contributed by atoms with Crippen LogP contribution in [-0.4, -0.2) is 0 Å². The molecule has 0 nitrogen and oxygen atoms in total. The smallest absolute Gasteiger partial charge is 0.134 e. The van der Waals surface area contributed by atoms with Crippen LogP contribution in [0.4, 0.5) is 4.39 Å². The summed E-state index contributed by atoms with van der Waals surface area (Å²) in [6.07, 6.45) is 1.08. The predicted molar refractivity (Wildman–Crippen MR) is 53.1 cm³/mol. The van der Waals surface area contributed by atoms with Crippen molar-refractivity contribution in [2.75, 3.05) is 0 Å². The third-order valence-corrected chi connectivity index (χ3v) is 2.82. The Hall–Kier alpha value is -0.850. The zero-order chi connectivity index (χ0) is 9.84. The van der Waals surface area contributed by atoms with Crippen LogP contribution in [0.1, 0.15) is 38.7 Å². The van der Waals surface area contributed by atoms with Crippen LogP contribution in [0, 0.1) is 17.8 Å². The second kappa shape index (κ2) is 4.40. The van der Waals surface area contributed by atoms with Gasteiger partial charge in [0.1, 0.15) is 5.82 Å². The van der Waals surface area contributed by atoms with Crippen LogP contribution in [0.25, 0.3) is 0 Å². The lowest BCUT2D eigenvalue weighted by Crippen LogP contribution is -2.06. The van der Waals surface area contributed by atoms with Crippen molar-refractivity contribution in [3.63, 3.8) is 0 Å². The van der Waals surface area contributed by atoms with Crippen molar-refractivity contribution >= 4 is 0 Å². The van der Waals surface area contributed by atoms with Crippen molar-refractivity contribution in [3.05, 3.63) is 35.6 Å². The fraction of sp³-hybridized carbons (Fsp3) is 0.500. The van der Waals surface area contributed by atoms with Gasteiger partial charge in [-0.05, 0) is 17.4 Å². The molecule has 71 valence electrons. The maximum absolute atomic E-state index is 13.3. The van der Waals surface area contributed by atoms with Crippen molar-refractivity contribution < 1.29 is 4.39 Å². The summed E-state index contributed by atoms with van der Waals surface area (Å²) >= 11 is 0. The molecular formula is C12H16F. The molecule has 0 aliphatic rings. The van der Waals surface area contributed by atoms with Gasteiger partial charge in [-0.1, -0.05) is 45.4 Å². The molecule has 0 aliphatic carbocycles. The van der Waals surface area contributed by atoms with E-state index in [0.29, 0.717) is 5.92 Å². The molecule has 1 aromatic carbocycles. The van der Waals surface area contributed by atoms with Gasteiger partial charge in [-0.15, -0.1) is 0 Å². The van der Waals surface area contributed by atoms with E-state index in [2.05, 4.69) is 26.8 Å². The fourth-order valence-corrected chi connectivity index (χ4v) is 1.44. The van der Waals surface area contributed by atoms with Gasteiger partial charge in [-0.2, -0.15) is 0 Å². The summed E-state index contributed by atoms with van der Waals surface area (Å²) in [5.41, 5.74) is 0.789. The summed E-state index contributed by atoms with van der Waals surface area (Å²) in [6.45, 7) is 6.35. The molecule has 1 rings (SSSR count). The molecule has 0 N–H and O–H groups in total. The average molecular weight is 179 g/mol. The molecule has 0 saturated carbocycles. The summed E-state index contributed by atoms with van der Waals surface area (Å²) in [5.74, 6) is 0.600. The van der Waals surface area contributed by atoms with Crippen molar-refractivity contribution in [2.45, 2.75) is 33.1 Å². The maximum Gasteiger partial charge on any atom is 0.134 e. The normalized spacial score (nSPS) is 15.4. The van der Waals surface area contributed by atoms with Gasteiger partial charge in [0.2, 0.25) is 0 Å². The van der Waals surface area contributed by atoms with Crippen LogP contribution in [0.5, 0.6) is 0 Å². The van der Waals surface area contributed by atoms with Gasteiger partial charge in [0, 0.05) is 6.07 Å². The quantitative estimate of drug-likeness (QED) is 0.662. The van der Waals surface area contributed by atoms with Crippen molar-refractivity contribution in [2.24, 2.45) is 5.92 Å². The SMILES string of the molecule is CCC(C)C(C)c1ccc[c]c1F. The Bertz CT molecular complexity index is 268. The topological polar surface area (TPSA) is 0 Å². The van der Waals surface area contributed by atoms with Gasteiger partial charge in [0.15, 0.2) is 0 Å². The monoisotopic (exact) mass is 179 g/mol. The van der Waals surface area contributed by atoms with Gasteiger partial charge >= 0.3 is 0 Å². The van der Waals surface area contributed by atoms with Crippen LogP contribution in [-0.2, 0) is 0 Å². The number of rotatable bonds is 3. The molecular weight excluding hydrogens is 163 g/mol. The van der Waals surface area contributed by atoms with Gasteiger partial charge in [-0.25, -0.2) is 4.39 Å². The molecule has 0 heterocycles. The number of benzene rings is 1. The Kier molecular flexibility index (Phi) is 3.47. The first-order chi connectivity index (χ1) is 6.16. The van der Waals surface area contributed by atoms with E-state index in [4.69, 9.17) is 0 Å². The standard InChI is InChI=1S/C12H16F/c1-4-9(2)10(3)11-7-5-6-8-12(11)13/h5-7,9-10H,4H2,1-3H3. The van der Waals surface area contributed by atoms with E-state index in [1.165, 1.54) is 0 Å². The van der Waals surface area contributed by atoms with Gasteiger partial charge in [0.05, 0.1) is 0 Å². The van der Waals surface area contributed by atoms with Gasteiger partial charge < -0.3 is 0 Å².